The van der Waals surface area contributed by atoms with Gasteiger partial charge in [0, 0.05) is 24.3 Å². The predicted molar refractivity (Wildman–Crippen MR) is 90.7 cm³/mol. The summed E-state index contributed by atoms with van der Waals surface area (Å²) < 4.78 is 4.64. The number of hydrogen-bond donors (Lipinski definition) is 2. The van der Waals surface area contributed by atoms with Crippen molar-refractivity contribution in [2.24, 2.45) is 0 Å². The van der Waals surface area contributed by atoms with Crippen molar-refractivity contribution in [2.75, 3.05) is 24.3 Å². The van der Waals surface area contributed by atoms with Gasteiger partial charge in [0.25, 0.3) is 0 Å². The number of rotatable bonds is 6. The Hall–Kier alpha value is -3.33. The van der Waals surface area contributed by atoms with E-state index in [1.807, 2.05) is 6.07 Å². The van der Waals surface area contributed by atoms with E-state index >= 15 is 0 Å². The molecule has 0 spiro atoms. The van der Waals surface area contributed by atoms with Crippen molar-refractivity contribution in [3.8, 4) is 6.07 Å². The van der Waals surface area contributed by atoms with Gasteiger partial charge < -0.3 is 15.4 Å². The van der Waals surface area contributed by atoms with E-state index in [4.69, 9.17) is 5.26 Å². The maximum Gasteiger partial charge on any atom is 0.337 e. The molecule has 0 bridgehead atoms. The zero-order chi connectivity index (χ0) is 17.4. The van der Waals surface area contributed by atoms with Crippen LogP contribution in [-0.4, -0.2) is 25.5 Å². The van der Waals surface area contributed by atoms with Crippen molar-refractivity contribution in [2.45, 2.75) is 6.42 Å². The molecule has 0 aromatic heterocycles. The third kappa shape index (κ3) is 4.85. The minimum Gasteiger partial charge on any atom is -0.465 e. The van der Waals surface area contributed by atoms with Gasteiger partial charge in [0.2, 0.25) is 5.91 Å². The Bertz CT molecular complexity index is 781. The molecule has 122 valence electrons. The van der Waals surface area contributed by atoms with Gasteiger partial charge in [-0.2, -0.15) is 5.26 Å². The zero-order valence-electron chi connectivity index (χ0n) is 13.2. The molecule has 0 saturated heterocycles. The molecule has 0 fully saturated rings. The van der Waals surface area contributed by atoms with E-state index < -0.39 is 5.97 Å². The van der Waals surface area contributed by atoms with Crippen molar-refractivity contribution in [3.63, 3.8) is 0 Å². The minimum absolute atomic E-state index is 0.180. The Kier molecular flexibility index (Phi) is 5.92. The molecule has 2 aromatic carbocycles. The summed E-state index contributed by atoms with van der Waals surface area (Å²) >= 11 is 0. The standard InChI is InChI=1S/C18H17N3O3/c1-24-18(23)14-5-3-7-16(11-14)21-17(22)8-9-20-15-6-2-4-13(10-15)12-19/h2-7,10-11,20H,8-9H2,1H3,(H,21,22). The van der Waals surface area contributed by atoms with Crippen LogP contribution in [0.5, 0.6) is 0 Å². The number of methoxy groups -OCH3 is 1. The van der Waals surface area contributed by atoms with Crippen LogP contribution in [0.15, 0.2) is 48.5 Å². The molecule has 0 aliphatic heterocycles. The lowest BCUT2D eigenvalue weighted by atomic mass is 10.2. The lowest BCUT2D eigenvalue weighted by Crippen LogP contribution is -2.16. The molecule has 24 heavy (non-hydrogen) atoms. The van der Waals surface area contributed by atoms with Gasteiger partial charge in [-0.3, -0.25) is 4.79 Å². The first-order valence-electron chi connectivity index (χ1n) is 7.34. The van der Waals surface area contributed by atoms with E-state index in [-0.39, 0.29) is 12.3 Å². The molecule has 2 aromatic rings. The SMILES string of the molecule is COC(=O)c1cccc(NC(=O)CCNc2cccc(C#N)c2)c1. The van der Waals surface area contributed by atoms with Gasteiger partial charge in [-0.05, 0) is 36.4 Å². The lowest BCUT2D eigenvalue weighted by Gasteiger charge is -2.08. The summed E-state index contributed by atoms with van der Waals surface area (Å²) in [6, 6.07) is 15.7. The molecule has 6 nitrogen and oxygen atoms in total. The number of anilines is 2. The number of nitrogens with zero attached hydrogens (tertiary/aromatic N) is 1. The second-order valence-electron chi connectivity index (χ2n) is 4.99. The maximum absolute atomic E-state index is 12.0. The average Bonchev–Trinajstić information content (AvgIpc) is 2.61. The van der Waals surface area contributed by atoms with Crippen LogP contribution in [0.2, 0.25) is 0 Å². The van der Waals surface area contributed by atoms with Crippen LogP contribution in [-0.2, 0) is 9.53 Å². The third-order valence-corrected chi connectivity index (χ3v) is 3.24. The quantitative estimate of drug-likeness (QED) is 0.798. The number of carbonyl (C=O) groups is 2. The van der Waals surface area contributed by atoms with Crippen LogP contribution in [0.25, 0.3) is 0 Å². The Morgan fingerprint density at radius 3 is 2.62 bits per heavy atom. The average molecular weight is 323 g/mol. The molecule has 0 aliphatic rings. The summed E-state index contributed by atoms with van der Waals surface area (Å²) in [4.78, 5) is 23.4. The number of carbonyl (C=O) groups excluding carboxylic acids is 2. The minimum atomic E-state index is -0.454. The van der Waals surface area contributed by atoms with Gasteiger partial charge in [0.1, 0.15) is 0 Å². The zero-order valence-corrected chi connectivity index (χ0v) is 13.2. The van der Waals surface area contributed by atoms with Gasteiger partial charge in [-0.15, -0.1) is 0 Å². The van der Waals surface area contributed by atoms with Crippen LogP contribution in [0.1, 0.15) is 22.3 Å². The molecule has 1 amide bonds. The Morgan fingerprint density at radius 1 is 1.12 bits per heavy atom. The number of benzene rings is 2. The van der Waals surface area contributed by atoms with Crippen LogP contribution >= 0.6 is 0 Å². The van der Waals surface area contributed by atoms with Crippen molar-refractivity contribution < 1.29 is 14.3 Å². The first kappa shape index (κ1) is 17.0. The second kappa shape index (κ2) is 8.34. The Morgan fingerprint density at radius 2 is 1.88 bits per heavy atom. The fourth-order valence-corrected chi connectivity index (χ4v) is 2.08. The van der Waals surface area contributed by atoms with Gasteiger partial charge in [-0.25, -0.2) is 4.79 Å². The maximum atomic E-state index is 12.0. The van der Waals surface area contributed by atoms with Crippen molar-refractivity contribution in [3.05, 3.63) is 59.7 Å². The van der Waals surface area contributed by atoms with E-state index in [0.717, 1.165) is 5.69 Å². The molecule has 0 atom stereocenters. The smallest absolute Gasteiger partial charge is 0.337 e. The summed E-state index contributed by atoms with van der Waals surface area (Å²) in [6.07, 6.45) is 0.249. The second-order valence-corrected chi connectivity index (χ2v) is 4.99. The van der Waals surface area contributed by atoms with Crippen molar-refractivity contribution in [1.82, 2.24) is 0 Å². The predicted octanol–water partition coefficient (Wildman–Crippen LogP) is 2.79. The Balaban J connectivity index is 1.85. The van der Waals surface area contributed by atoms with E-state index in [2.05, 4.69) is 21.4 Å². The van der Waals surface area contributed by atoms with Gasteiger partial charge >= 0.3 is 5.97 Å². The van der Waals surface area contributed by atoms with E-state index in [0.29, 0.717) is 23.4 Å². The van der Waals surface area contributed by atoms with Crippen LogP contribution in [0.4, 0.5) is 11.4 Å². The molecule has 0 saturated carbocycles. The lowest BCUT2D eigenvalue weighted by molar-refractivity contribution is -0.115. The summed E-state index contributed by atoms with van der Waals surface area (Å²) in [5.41, 5.74) is 2.26. The number of nitrogens with one attached hydrogen (secondary N) is 2. The topological polar surface area (TPSA) is 91.2 Å². The van der Waals surface area contributed by atoms with Crippen molar-refractivity contribution >= 4 is 23.3 Å². The highest BCUT2D eigenvalue weighted by Crippen LogP contribution is 2.12. The van der Waals surface area contributed by atoms with E-state index in [1.165, 1.54) is 7.11 Å². The van der Waals surface area contributed by atoms with Crippen molar-refractivity contribution in [1.29, 1.82) is 5.26 Å². The summed E-state index contributed by atoms with van der Waals surface area (Å²) in [5, 5.41) is 14.7. The van der Waals surface area contributed by atoms with Gasteiger partial charge in [0.15, 0.2) is 0 Å². The van der Waals surface area contributed by atoms with E-state index in [9.17, 15) is 9.59 Å². The fourth-order valence-electron chi connectivity index (χ4n) is 2.08. The molecule has 2 rings (SSSR count). The number of amides is 1. The molecular formula is C18H17N3O3. The third-order valence-electron chi connectivity index (χ3n) is 3.24. The van der Waals surface area contributed by atoms with Crippen LogP contribution in [0.3, 0.4) is 0 Å². The largest absolute Gasteiger partial charge is 0.465 e. The summed E-state index contributed by atoms with van der Waals surface area (Å²) in [6.45, 7) is 0.428. The van der Waals surface area contributed by atoms with Gasteiger partial charge in [0.05, 0.1) is 24.3 Å². The fraction of sp³-hybridized carbons (Fsp3) is 0.167. The highest BCUT2D eigenvalue weighted by molar-refractivity contribution is 5.94. The molecule has 6 heteroatoms. The van der Waals surface area contributed by atoms with Crippen LogP contribution < -0.4 is 10.6 Å². The number of ether oxygens (including phenoxy) is 1. The molecule has 2 N–H and O–H groups in total. The molecule has 0 aliphatic carbocycles. The molecule has 0 heterocycles. The number of hydrogen-bond acceptors (Lipinski definition) is 5. The highest BCUT2D eigenvalue weighted by Gasteiger charge is 2.07. The highest BCUT2D eigenvalue weighted by atomic mass is 16.5. The van der Waals surface area contributed by atoms with E-state index in [1.54, 1.807) is 42.5 Å². The number of esters is 1. The first-order valence-corrected chi connectivity index (χ1v) is 7.34. The molecule has 0 radical (unpaired) electrons. The Labute approximate surface area is 140 Å². The normalized spacial score (nSPS) is 9.67. The van der Waals surface area contributed by atoms with Crippen LogP contribution in [0, 0.1) is 11.3 Å². The molecular weight excluding hydrogens is 306 g/mol. The summed E-state index contributed by atoms with van der Waals surface area (Å²) in [7, 11) is 1.31. The monoisotopic (exact) mass is 323 g/mol. The number of nitriles is 1. The first-order chi connectivity index (χ1) is 11.6. The molecule has 0 unspecified atom stereocenters. The van der Waals surface area contributed by atoms with Gasteiger partial charge in [-0.1, -0.05) is 12.1 Å². The summed E-state index contributed by atoms with van der Waals surface area (Å²) in [5.74, 6) is -0.633.